The van der Waals surface area contributed by atoms with Crippen molar-refractivity contribution in [2.75, 3.05) is 0 Å². The van der Waals surface area contributed by atoms with Crippen molar-refractivity contribution >= 4 is 26.7 Å². The fourth-order valence-corrected chi connectivity index (χ4v) is 2.89. The van der Waals surface area contributed by atoms with E-state index in [1.54, 1.807) is 0 Å². The predicted molar refractivity (Wildman–Crippen MR) is 87.7 cm³/mol. The van der Waals surface area contributed by atoms with Gasteiger partial charge >= 0.3 is 0 Å². The first kappa shape index (κ1) is 13.3. The van der Waals surface area contributed by atoms with Gasteiger partial charge in [0.1, 0.15) is 0 Å². The Labute approximate surface area is 127 Å². The first-order chi connectivity index (χ1) is 9.66. The highest BCUT2D eigenvalue weighted by Gasteiger charge is 2.13. The maximum Gasteiger partial charge on any atom is 0.0773 e. The average molecular weight is 327 g/mol. The van der Waals surface area contributed by atoms with E-state index >= 15 is 0 Å². The molecule has 2 heteroatoms. The lowest BCUT2D eigenvalue weighted by atomic mass is 9.91. The summed E-state index contributed by atoms with van der Waals surface area (Å²) in [6.07, 6.45) is -0.500. The van der Waals surface area contributed by atoms with Gasteiger partial charge in [-0.15, -0.1) is 0 Å². The minimum absolute atomic E-state index is 0.500. The Hall–Kier alpha value is -1.64. The molecule has 0 spiro atoms. The summed E-state index contributed by atoms with van der Waals surface area (Å²) >= 11 is 3.46. The quantitative estimate of drug-likeness (QED) is 0.675. The summed E-state index contributed by atoms with van der Waals surface area (Å²) in [5, 5.41) is 12.5. The van der Waals surface area contributed by atoms with Gasteiger partial charge in [0.15, 0.2) is 0 Å². The zero-order valence-electron chi connectivity index (χ0n) is 11.2. The minimum Gasteiger partial charge on any atom is -0.389 e. The number of benzene rings is 3. The number of hydrogen-bond donors (Lipinski definition) is 1. The van der Waals surface area contributed by atoms with E-state index in [0.717, 1.165) is 31.9 Å². The van der Waals surface area contributed by atoms with Crippen molar-refractivity contribution < 1.29 is 5.11 Å². The largest absolute Gasteiger partial charge is 0.389 e. The van der Waals surface area contributed by atoms with Gasteiger partial charge in [-0.3, -0.25) is 0 Å². The Morgan fingerprint density at radius 3 is 2.30 bits per heavy atom. The Kier molecular flexibility index (Phi) is 3.60. The Morgan fingerprint density at radius 2 is 1.60 bits per heavy atom. The van der Waals surface area contributed by atoms with Crippen LogP contribution in [0, 0.1) is 0 Å². The van der Waals surface area contributed by atoms with Gasteiger partial charge in [-0.2, -0.15) is 0 Å². The number of fused-ring (bicyclic) bond motifs is 1. The topological polar surface area (TPSA) is 20.2 Å². The highest BCUT2D eigenvalue weighted by atomic mass is 79.9. The molecule has 1 nitrogen and oxygen atoms in total. The van der Waals surface area contributed by atoms with Crippen molar-refractivity contribution in [2.24, 2.45) is 0 Å². The highest BCUT2D eigenvalue weighted by molar-refractivity contribution is 9.10. The molecule has 3 aromatic rings. The number of aliphatic hydroxyl groups is 1. The summed E-state index contributed by atoms with van der Waals surface area (Å²) in [7, 11) is 0. The van der Waals surface area contributed by atoms with Crippen LogP contribution in [0.1, 0.15) is 18.6 Å². The van der Waals surface area contributed by atoms with E-state index in [4.69, 9.17) is 0 Å². The molecule has 0 fully saturated rings. The number of halogens is 1. The summed E-state index contributed by atoms with van der Waals surface area (Å²) in [5.41, 5.74) is 3.20. The zero-order valence-corrected chi connectivity index (χ0v) is 12.8. The lowest BCUT2D eigenvalue weighted by Crippen LogP contribution is -1.97. The van der Waals surface area contributed by atoms with Gasteiger partial charge in [0.25, 0.3) is 0 Å². The van der Waals surface area contributed by atoms with Crippen LogP contribution in [0.2, 0.25) is 0 Å². The molecule has 1 N–H and O–H groups in total. The summed E-state index contributed by atoms with van der Waals surface area (Å²) in [5.74, 6) is 0. The second-order valence-electron chi connectivity index (χ2n) is 4.93. The van der Waals surface area contributed by atoms with E-state index < -0.39 is 6.10 Å². The average Bonchev–Trinajstić information content (AvgIpc) is 2.46. The number of rotatable bonds is 2. The van der Waals surface area contributed by atoms with Gasteiger partial charge in [-0.1, -0.05) is 64.5 Å². The second-order valence-corrected chi connectivity index (χ2v) is 5.85. The molecule has 0 aliphatic carbocycles. The van der Waals surface area contributed by atoms with Gasteiger partial charge in [0.2, 0.25) is 0 Å². The van der Waals surface area contributed by atoms with Crippen molar-refractivity contribution in [1.82, 2.24) is 0 Å². The number of hydrogen-bond acceptors (Lipinski definition) is 1. The molecule has 3 rings (SSSR count). The maximum absolute atomic E-state index is 10.2. The van der Waals surface area contributed by atoms with E-state index in [1.165, 1.54) is 0 Å². The van der Waals surface area contributed by atoms with Crippen LogP contribution in [0.15, 0.2) is 65.1 Å². The molecule has 0 saturated heterocycles. The number of aliphatic hydroxyl groups excluding tert-OH is 1. The lowest BCUT2D eigenvalue weighted by Gasteiger charge is -2.16. The van der Waals surface area contributed by atoms with Crippen LogP contribution in [-0.2, 0) is 0 Å². The second kappa shape index (κ2) is 5.39. The van der Waals surface area contributed by atoms with Crippen molar-refractivity contribution in [3.8, 4) is 11.1 Å². The molecule has 3 aromatic carbocycles. The van der Waals surface area contributed by atoms with Gasteiger partial charge in [0.05, 0.1) is 6.10 Å². The van der Waals surface area contributed by atoms with Crippen molar-refractivity contribution in [3.63, 3.8) is 0 Å². The SMILES string of the molecule is CC(O)c1c(-c2ccc(Br)cc2)ccc2ccccc12. The van der Waals surface area contributed by atoms with E-state index in [0.29, 0.717) is 0 Å². The molecule has 100 valence electrons. The third kappa shape index (κ3) is 2.37. The normalized spacial score (nSPS) is 12.6. The van der Waals surface area contributed by atoms with Gasteiger partial charge < -0.3 is 5.11 Å². The van der Waals surface area contributed by atoms with Crippen LogP contribution in [0.5, 0.6) is 0 Å². The summed E-state index contributed by atoms with van der Waals surface area (Å²) in [6, 6.07) is 20.6. The Bertz CT molecular complexity index is 745. The van der Waals surface area contributed by atoms with Crippen LogP contribution < -0.4 is 0 Å². The van der Waals surface area contributed by atoms with Crippen LogP contribution in [0.4, 0.5) is 0 Å². The van der Waals surface area contributed by atoms with Gasteiger partial charge in [0, 0.05) is 4.47 Å². The third-order valence-electron chi connectivity index (χ3n) is 3.54. The third-order valence-corrected chi connectivity index (χ3v) is 4.07. The molecule has 1 unspecified atom stereocenters. The van der Waals surface area contributed by atoms with E-state index in [9.17, 15) is 5.11 Å². The standard InChI is InChI=1S/C18H15BrO/c1-12(20)18-16-5-3-2-4-13(16)8-11-17(18)14-6-9-15(19)10-7-14/h2-12,20H,1H3. The minimum atomic E-state index is -0.500. The molecule has 1 atom stereocenters. The lowest BCUT2D eigenvalue weighted by molar-refractivity contribution is 0.201. The first-order valence-corrected chi connectivity index (χ1v) is 7.42. The Morgan fingerprint density at radius 1 is 0.900 bits per heavy atom. The maximum atomic E-state index is 10.2. The molecule has 20 heavy (non-hydrogen) atoms. The molecule has 0 amide bonds. The molecule has 0 bridgehead atoms. The first-order valence-electron chi connectivity index (χ1n) is 6.62. The molecule has 0 aliphatic heterocycles. The summed E-state index contributed by atoms with van der Waals surface area (Å²) in [6.45, 7) is 1.82. The van der Waals surface area contributed by atoms with Crippen LogP contribution in [-0.4, -0.2) is 5.11 Å². The van der Waals surface area contributed by atoms with Crippen molar-refractivity contribution in [1.29, 1.82) is 0 Å². The summed E-state index contributed by atoms with van der Waals surface area (Å²) < 4.78 is 1.06. The fraction of sp³-hybridized carbons (Fsp3) is 0.111. The monoisotopic (exact) mass is 326 g/mol. The van der Waals surface area contributed by atoms with E-state index in [-0.39, 0.29) is 0 Å². The van der Waals surface area contributed by atoms with Gasteiger partial charge in [-0.25, -0.2) is 0 Å². The molecule has 0 saturated carbocycles. The Balaban J connectivity index is 2.30. The van der Waals surface area contributed by atoms with Crippen LogP contribution >= 0.6 is 15.9 Å². The summed E-state index contributed by atoms with van der Waals surface area (Å²) in [4.78, 5) is 0. The van der Waals surface area contributed by atoms with Crippen LogP contribution in [0.3, 0.4) is 0 Å². The van der Waals surface area contributed by atoms with Crippen LogP contribution in [0.25, 0.3) is 21.9 Å². The van der Waals surface area contributed by atoms with E-state index in [2.05, 4.69) is 52.3 Å². The molecule has 0 radical (unpaired) electrons. The van der Waals surface area contributed by atoms with E-state index in [1.807, 2.05) is 31.2 Å². The molecular formula is C18H15BrO. The molecule has 0 aliphatic rings. The molecular weight excluding hydrogens is 312 g/mol. The predicted octanol–water partition coefficient (Wildman–Crippen LogP) is 5.32. The molecule has 0 heterocycles. The molecule has 0 aromatic heterocycles. The zero-order chi connectivity index (χ0) is 14.1. The fourth-order valence-electron chi connectivity index (χ4n) is 2.63. The highest BCUT2D eigenvalue weighted by Crippen LogP contribution is 2.34. The smallest absolute Gasteiger partial charge is 0.0773 e. The van der Waals surface area contributed by atoms with Crippen molar-refractivity contribution in [2.45, 2.75) is 13.0 Å². The van der Waals surface area contributed by atoms with Gasteiger partial charge in [-0.05, 0) is 46.5 Å². The van der Waals surface area contributed by atoms with Crippen molar-refractivity contribution in [3.05, 3.63) is 70.7 Å².